The van der Waals surface area contributed by atoms with Crippen molar-refractivity contribution >= 4 is 22.0 Å². The fraction of sp³-hybridized carbons (Fsp3) is 0.588. The van der Waals surface area contributed by atoms with E-state index in [0.717, 1.165) is 65.6 Å². The molecule has 0 aromatic heterocycles. The molecular formula is C17H20BrNO3. The summed E-state index contributed by atoms with van der Waals surface area (Å²) in [5.74, 6) is 1.61. The average molecular weight is 366 g/mol. The summed E-state index contributed by atoms with van der Waals surface area (Å²) in [5, 5.41) is 0. The van der Waals surface area contributed by atoms with Crippen LogP contribution >= 0.6 is 15.9 Å². The number of rotatable bonds is 3. The molecule has 1 aromatic rings. The lowest BCUT2D eigenvalue weighted by Crippen LogP contribution is -2.22. The minimum Gasteiger partial charge on any atom is -0.490 e. The molecule has 2 aliphatic rings. The number of hydrogen-bond acceptors (Lipinski definition) is 4. The van der Waals surface area contributed by atoms with Gasteiger partial charge in [0, 0.05) is 22.0 Å². The van der Waals surface area contributed by atoms with Crippen molar-refractivity contribution in [2.45, 2.75) is 51.0 Å². The van der Waals surface area contributed by atoms with Gasteiger partial charge in [-0.3, -0.25) is 0 Å². The average Bonchev–Trinajstić information content (AvgIpc) is 2.85. The zero-order valence-electron chi connectivity index (χ0n) is 12.8. The van der Waals surface area contributed by atoms with E-state index < -0.39 is 5.54 Å². The standard InChI is InChI=1S/C17H20BrNO3/c1-2-12-15(17(19-11-20)6-3-4-7-17)13(18)10-14-16(12)22-9-5-8-21-14/h10H,2-9H2,1H3. The minimum atomic E-state index is -0.462. The van der Waals surface area contributed by atoms with E-state index in [1.807, 2.05) is 6.07 Å². The van der Waals surface area contributed by atoms with Crippen molar-refractivity contribution in [2.75, 3.05) is 13.2 Å². The fourth-order valence-corrected chi connectivity index (χ4v) is 4.46. The summed E-state index contributed by atoms with van der Waals surface area (Å²) >= 11 is 3.68. The van der Waals surface area contributed by atoms with Gasteiger partial charge in [0.25, 0.3) is 0 Å². The summed E-state index contributed by atoms with van der Waals surface area (Å²) in [6, 6.07) is 1.97. The lowest BCUT2D eigenvalue weighted by Gasteiger charge is -2.29. The van der Waals surface area contributed by atoms with Crippen LogP contribution in [0.3, 0.4) is 0 Å². The van der Waals surface area contributed by atoms with Gasteiger partial charge in [0.2, 0.25) is 6.08 Å². The van der Waals surface area contributed by atoms with Crippen LogP contribution < -0.4 is 9.47 Å². The second-order valence-corrected chi connectivity index (χ2v) is 6.74. The molecule has 0 saturated heterocycles. The zero-order valence-corrected chi connectivity index (χ0v) is 14.4. The Bertz CT molecular complexity index is 617. The highest BCUT2D eigenvalue weighted by molar-refractivity contribution is 9.10. The predicted octanol–water partition coefficient (Wildman–Crippen LogP) is 4.28. The highest BCUT2D eigenvalue weighted by Gasteiger charge is 2.40. The third-order valence-corrected chi connectivity index (χ3v) is 5.22. The molecule has 0 spiro atoms. The normalized spacial score (nSPS) is 19.4. The molecule has 4 nitrogen and oxygen atoms in total. The third kappa shape index (κ3) is 2.57. The molecule has 22 heavy (non-hydrogen) atoms. The number of aliphatic imine (C=N–C) groups is 1. The Morgan fingerprint density at radius 2 is 2.00 bits per heavy atom. The van der Waals surface area contributed by atoms with Crippen molar-refractivity contribution in [3.05, 3.63) is 21.7 Å². The van der Waals surface area contributed by atoms with E-state index in [-0.39, 0.29) is 0 Å². The van der Waals surface area contributed by atoms with Crippen LogP contribution in [0.25, 0.3) is 0 Å². The second-order valence-electron chi connectivity index (χ2n) is 5.89. The van der Waals surface area contributed by atoms with Crippen LogP contribution in [0.2, 0.25) is 0 Å². The maximum Gasteiger partial charge on any atom is 0.235 e. The molecule has 1 aliphatic heterocycles. The summed E-state index contributed by atoms with van der Waals surface area (Å²) in [6.45, 7) is 3.43. The minimum absolute atomic E-state index is 0.462. The predicted molar refractivity (Wildman–Crippen MR) is 87.4 cm³/mol. The van der Waals surface area contributed by atoms with E-state index in [9.17, 15) is 4.79 Å². The molecule has 1 saturated carbocycles. The van der Waals surface area contributed by atoms with Gasteiger partial charge in [-0.2, -0.15) is 4.99 Å². The van der Waals surface area contributed by atoms with Crippen LogP contribution in [0.4, 0.5) is 0 Å². The molecule has 0 unspecified atom stereocenters. The van der Waals surface area contributed by atoms with E-state index in [1.165, 1.54) is 0 Å². The molecule has 0 atom stereocenters. The van der Waals surface area contributed by atoms with Crippen LogP contribution in [0.1, 0.15) is 50.2 Å². The summed E-state index contributed by atoms with van der Waals surface area (Å²) in [5.41, 5.74) is 1.73. The first kappa shape index (κ1) is 15.6. The molecule has 1 aliphatic carbocycles. The Kier molecular flexibility index (Phi) is 4.55. The number of ether oxygens (including phenoxy) is 2. The molecule has 118 valence electrons. The molecule has 0 N–H and O–H groups in total. The molecule has 1 heterocycles. The molecule has 0 radical (unpaired) electrons. The smallest absolute Gasteiger partial charge is 0.235 e. The van der Waals surface area contributed by atoms with Crippen LogP contribution in [-0.4, -0.2) is 19.3 Å². The topological polar surface area (TPSA) is 47.9 Å². The number of carbonyl (C=O) groups excluding carboxylic acids is 1. The molecule has 3 rings (SSSR count). The van der Waals surface area contributed by atoms with Gasteiger partial charge in [0.05, 0.1) is 18.8 Å². The van der Waals surface area contributed by atoms with Gasteiger partial charge in [0.15, 0.2) is 11.5 Å². The largest absolute Gasteiger partial charge is 0.490 e. The molecular weight excluding hydrogens is 346 g/mol. The van der Waals surface area contributed by atoms with E-state index in [0.29, 0.717) is 13.2 Å². The number of isocyanates is 1. The monoisotopic (exact) mass is 365 g/mol. The highest BCUT2D eigenvalue weighted by Crippen LogP contribution is 2.51. The Balaban J connectivity index is 2.22. The van der Waals surface area contributed by atoms with Crippen LogP contribution in [-0.2, 0) is 16.8 Å². The van der Waals surface area contributed by atoms with Crippen molar-refractivity contribution in [3.8, 4) is 11.5 Å². The lowest BCUT2D eigenvalue weighted by molar-refractivity contribution is 0.296. The summed E-state index contributed by atoms with van der Waals surface area (Å²) in [6.07, 6.45) is 7.42. The first-order chi connectivity index (χ1) is 10.7. The van der Waals surface area contributed by atoms with Crippen LogP contribution in [0.15, 0.2) is 15.5 Å². The van der Waals surface area contributed by atoms with Gasteiger partial charge in [-0.1, -0.05) is 35.7 Å². The van der Waals surface area contributed by atoms with E-state index >= 15 is 0 Å². The van der Waals surface area contributed by atoms with Gasteiger partial charge < -0.3 is 9.47 Å². The van der Waals surface area contributed by atoms with Crippen molar-refractivity contribution < 1.29 is 14.3 Å². The molecule has 0 bridgehead atoms. The zero-order chi connectivity index (χ0) is 15.6. The number of halogens is 1. The Morgan fingerprint density at radius 3 is 2.68 bits per heavy atom. The van der Waals surface area contributed by atoms with Crippen LogP contribution in [0, 0.1) is 0 Å². The lowest BCUT2D eigenvalue weighted by atomic mass is 9.84. The Labute approximate surface area is 139 Å². The number of hydrogen-bond donors (Lipinski definition) is 0. The summed E-state index contributed by atoms with van der Waals surface area (Å²) in [7, 11) is 0. The van der Waals surface area contributed by atoms with Gasteiger partial charge in [-0.05, 0) is 25.3 Å². The molecule has 5 heteroatoms. The summed E-state index contributed by atoms with van der Waals surface area (Å²) < 4.78 is 12.7. The first-order valence-electron chi connectivity index (χ1n) is 7.92. The van der Waals surface area contributed by atoms with Gasteiger partial charge in [-0.15, -0.1) is 0 Å². The van der Waals surface area contributed by atoms with Gasteiger partial charge >= 0.3 is 0 Å². The van der Waals surface area contributed by atoms with E-state index in [4.69, 9.17) is 9.47 Å². The molecule has 1 aromatic carbocycles. The Hall–Kier alpha value is -1.32. The van der Waals surface area contributed by atoms with Crippen molar-refractivity contribution in [1.82, 2.24) is 0 Å². The summed E-state index contributed by atoms with van der Waals surface area (Å²) in [4.78, 5) is 15.3. The maximum absolute atomic E-state index is 11.0. The van der Waals surface area contributed by atoms with Gasteiger partial charge in [-0.25, -0.2) is 4.79 Å². The van der Waals surface area contributed by atoms with E-state index in [1.54, 1.807) is 6.08 Å². The Morgan fingerprint density at radius 1 is 1.27 bits per heavy atom. The van der Waals surface area contributed by atoms with Crippen LogP contribution in [0.5, 0.6) is 11.5 Å². The third-order valence-electron chi connectivity index (χ3n) is 4.60. The fourth-order valence-electron chi connectivity index (χ4n) is 3.65. The number of nitrogens with zero attached hydrogens (tertiary/aromatic N) is 1. The van der Waals surface area contributed by atoms with Crippen molar-refractivity contribution in [3.63, 3.8) is 0 Å². The SMILES string of the molecule is CCc1c2c(cc(Br)c1C1(N=C=O)CCCC1)OCCCO2. The second kappa shape index (κ2) is 6.43. The van der Waals surface area contributed by atoms with E-state index in [2.05, 4.69) is 27.8 Å². The number of benzene rings is 1. The molecule has 0 amide bonds. The quantitative estimate of drug-likeness (QED) is 0.593. The van der Waals surface area contributed by atoms with Gasteiger partial charge in [0.1, 0.15) is 0 Å². The first-order valence-corrected chi connectivity index (χ1v) is 8.71. The van der Waals surface area contributed by atoms with Crippen molar-refractivity contribution in [2.24, 2.45) is 4.99 Å². The van der Waals surface area contributed by atoms with Crippen molar-refractivity contribution in [1.29, 1.82) is 0 Å². The highest BCUT2D eigenvalue weighted by atomic mass is 79.9. The maximum atomic E-state index is 11.0. The molecule has 1 fully saturated rings. The number of fused-ring (bicyclic) bond motifs is 1.